The number of nitrogens with zero attached hydrogens (tertiary/aromatic N) is 2. The van der Waals surface area contributed by atoms with E-state index in [0.29, 0.717) is 17.3 Å². The Labute approximate surface area is 147 Å². The number of hydrogen-bond acceptors (Lipinski definition) is 5. The van der Waals surface area contributed by atoms with Crippen LogP contribution in [0.15, 0.2) is 46.6 Å². The monoisotopic (exact) mass is 359 g/mol. The van der Waals surface area contributed by atoms with Crippen molar-refractivity contribution in [2.75, 3.05) is 12.3 Å². The summed E-state index contributed by atoms with van der Waals surface area (Å²) < 4.78 is 1.21. The van der Waals surface area contributed by atoms with Crippen LogP contribution in [0.5, 0.6) is 0 Å². The van der Waals surface area contributed by atoms with Crippen molar-refractivity contribution in [3.8, 4) is 0 Å². The number of thiophene rings is 1. The van der Waals surface area contributed by atoms with E-state index in [9.17, 15) is 9.59 Å². The Balaban J connectivity index is 1.64. The number of hydrogen-bond donors (Lipinski definition) is 1. The summed E-state index contributed by atoms with van der Waals surface area (Å²) in [7, 11) is 1.56. The molecule has 0 fully saturated rings. The van der Waals surface area contributed by atoms with Gasteiger partial charge in [-0.1, -0.05) is 24.3 Å². The number of carbonyl (C=O) groups is 1. The van der Waals surface area contributed by atoms with Crippen LogP contribution in [0.2, 0.25) is 0 Å². The van der Waals surface area contributed by atoms with Crippen LogP contribution >= 0.6 is 23.1 Å². The molecule has 3 rings (SSSR count). The van der Waals surface area contributed by atoms with Crippen LogP contribution in [0.25, 0.3) is 10.8 Å². The van der Waals surface area contributed by atoms with Gasteiger partial charge in [-0.25, -0.2) is 4.68 Å². The van der Waals surface area contributed by atoms with Crippen molar-refractivity contribution in [2.45, 2.75) is 5.75 Å². The molecule has 0 spiro atoms. The summed E-state index contributed by atoms with van der Waals surface area (Å²) in [5.74, 6) is 1.53. The number of rotatable bonds is 6. The molecule has 0 saturated carbocycles. The summed E-state index contributed by atoms with van der Waals surface area (Å²) >= 11 is 3.52. The van der Waals surface area contributed by atoms with Gasteiger partial charge in [0.2, 0.25) is 0 Å². The van der Waals surface area contributed by atoms with Gasteiger partial charge in [0.05, 0.1) is 5.39 Å². The molecule has 1 aromatic carbocycles. The van der Waals surface area contributed by atoms with Gasteiger partial charge in [0.25, 0.3) is 11.5 Å². The summed E-state index contributed by atoms with van der Waals surface area (Å²) in [6.07, 6.45) is 0. The molecule has 124 valence electrons. The molecule has 0 bridgehead atoms. The minimum atomic E-state index is -0.251. The highest BCUT2D eigenvalue weighted by Gasteiger charge is 2.14. The summed E-state index contributed by atoms with van der Waals surface area (Å²) in [6, 6.07) is 11.2. The second kappa shape index (κ2) is 7.63. The fourth-order valence-corrected chi connectivity index (χ4v) is 4.05. The van der Waals surface area contributed by atoms with Crippen molar-refractivity contribution in [3.05, 3.63) is 62.7 Å². The van der Waals surface area contributed by atoms with Gasteiger partial charge in [0.1, 0.15) is 0 Å². The molecule has 2 aromatic heterocycles. The number of fused-ring (bicyclic) bond motifs is 1. The third-order valence-corrected chi connectivity index (χ3v) is 5.60. The first-order valence-corrected chi connectivity index (χ1v) is 9.54. The Bertz CT molecular complexity index is 904. The van der Waals surface area contributed by atoms with E-state index in [0.717, 1.165) is 11.5 Å². The van der Waals surface area contributed by atoms with Crippen LogP contribution in [-0.4, -0.2) is 28.0 Å². The normalized spacial score (nSPS) is 10.9. The summed E-state index contributed by atoms with van der Waals surface area (Å²) in [6.45, 7) is 0.563. The molecule has 0 aliphatic heterocycles. The van der Waals surface area contributed by atoms with Gasteiger partial charge in [-0.05, 0) is 17.5 Å². The Morgan fingerprint density at radius 2 is 2.04 bits per heavy atom. The van der Waals surface area contributed by atoms with E-state index < -0.39 is 0 Å². The first-order valence-electron chi connectivity index (χ1n) is 7.51. The van der Waals surface area contributed by atoms with E-state index in [1.807, 2.05) is 6.07 Å². The lowest BCUT2D eigenvalue weighted by atomic mass is 10.1. The molecule has 24 heavy (non-hydrogen) atoms. The molecular weight excluding hydrogens is 342 g/mol. The van der Waals surface area contributed by atoms with Gasteiger partial charge < -0.3 is 5.32 Å². The lowest BCUT2D eigenvalue weighted by molar-refractivity contribution is 0.0951. The highest BCUT2D eigenvalue weighted by atomic mass is 32.2. The minimum Gasteiger partial charge on any atom is -0.350 e. The molecule has 0 unspecified atom stereocenters. The van der Waals surface area contributed by atoms with Gasteiger partial charge in [-0.15, -0.1) is 11.3 Å². The molecule has 0 radical (unpaired) electrons. The quantitative estimate of drug-likeness (QED) is 0.687. The van der Waals surface area contributed by atoms with E-state index >= 15 is 0 Å². The largest absolute Gasteiger partial charge is 0.350 e. The Morgan fingerprint density at radius 1 is 1.25 bits per heavy atom. The van der Waals surface area contributed by atoms with Crippen LogP contribution in [0.4, 0.5) is 0 Å². The van der Waals surface area contributed by atoms with Crippen LogP contribution in [0.1, 0.15) is 15.4 Å². The molecule has 3 aromatic rings. The molecule has 1 amide bonds. The fraction of sp³-hybridized carbons (Fsp3) is 0.235. The maximum absolute atomic E-state index is 12.4. The molecule has 0 saturated heterocycles. The fourth-order valence-electron chi connectivity index (χ4n) is 2.36. The number of nitrogens with one attached hydrogen (secondary N) is 1. The molecule has 0 aliphatic carbocycles. The molecule has 7 heteroatoms. The zero-order valence-corrected chi connectivity index (χ0v) is 14.8. The van der Waals surface area contributed by atoms with Crippen LogP contribution in [-0.2, 0) is 12.8 Å². The number of carbonyl (C=O) groups excluding carboxylic acids is 1. The maximum atomic E-state index is 12.4. The maximum Gasteiger partial charge on any atom is 0.274 e. The van der Waals surface area contributed by atoms with Crippen molar-refractivity contribution in [3.63, 3.8) is 0 Å². The van der Waals surface area contributed by atoms with Crippen molar-refractivity contribution in [1.29, 1.82) is 0 Å². The Kier molecular flexibility index (Phi) is 5.32. The average molecular weight is 359 g/mol. The molecule has 0 aliphatic rings. The van der Waals surface area contributed by atoms with Crippen molar-refractivity contribution < 1.29 is 4.79 Å². The molecule has 0 atom stereocenters. The second-order valence-corrected chi connectivity index (χ2v) is 7.35. The highest BCUT2D eigenvalue weighted by Crippen LogP contribution is 2.16. The molecule has 5 nitrogen and oxygen atoms in total. The van der Waals surface area contributed by atoms with Crippen LogP contribution < -0.4 is 10.9 Å². The SMILES string of the molecule is Cn1nc(C(=O)NCCSCc2cccs2)c2ccccc2c1=O. The lowest BCUT2D eigenvalue weighted by Crippen LogP contribution is -2.30. The van der Waals surface area contributed by atoms with Crippen molar-refractivity contribution in [2.24, 2.45) is 7.05 Å². The number of benzene rings is 1. The third kappa shape index (κ3) is 3.68. The van der Waals surface area contributed by atoms with Gasteiger partial charge >= 0.3 is 0 Å². The number of aromatic nitrogens is 2. The third-order valence-electron chi connectivity index (χ3n) is 3.53. The number of amides is 1. The lowest BCUT2D eigenvalue weighted by Gasteiger charge is -2.08. The standard InChI is InChI=1S/C17H17N3O2S2/c1-20-17(22)14-7-3-2-6-13(14)15(19-20)16(21)18-8-10-23-11-12-5-4-9-24-12/h2-7,9H,8,10-11H2,1H3,(H,18,21). The van der Waals surface area contributed by atoms with Gasteiger partial charge in [-0.2, -0.15) is 16.9 Å². The van der Waals surface area contributed by atoms with Gasteiger partial charge in [0.15, 0.2) is 5.69 Å². The number of aryl methyl sites for hydroxylation is 1. The summed E-state index contributed by atoms with van der Waals surface area (Å²) in [5.41, 5.74) is 0.0876. The van der Waals surface area contributed by atoms with Crippen molar-refractivity contribution >= 4 is 39.8 Å². The average Bonchev–Trinajstić information content (AvgIpc) is 3.11. The van der Waals surface area contributed by atoms with E-state index in [1.165, 1.54) is 9.56 Å². The number of thioether (sulfide) groups is 1. The minimum absolute atomic E-state index is 0.200. The molecule has 2 heterocycles. The Morgan fingerprint density at radius 3 is 2.79 bits per heavy atom. The second-order valence-electron chi connectivity index (χ2n) is 5.21. The smallest absolute Gasteiger partial charge is 0.274 e. The van der Waals surface area contributed by atoms with E-state index in [1.54, 1.807) is 54.4 Å². The summed E-state index contributed by atoms with van der Waals surface area (Å²) in [5, 5.41) is 10.2. The zero-order valence-electron chi connectivity index (χ0n) is 13.2. The topological polar surface area (TPSA) is 64.0 Å². The summed E-state index contributed by atoms with van der Waals surface area (Å²) in [4.78, 5) is 25.8. The predicted octanol–water partition coefficient (Wildman–Crippen LogP) is 2.66. The predicted molar refractivity (Wildman–Crippen MR) is 99.8 cm³/mol. The van der Waals surface area contributed by atoms with Gasteiger partial charge in [-0.3, -0.25) is 9.59 Å². The first kappa shape index (κ1) is 16.7. The van der Waals surface area contributed by atoms with Crippen LogP contribution in [0.3, 0.4) is 0 Å². The first-order chi connectivity index (χ1) is 11.7. The zero-order chi connectivity index (χ0) is 16.9. The highest BCUT2D eigenvalue weighted by molar-refractivity contribution is 7.98. The molecule has 1 N–H and O–H groups in total. The van der Waals surface area contributed by atoms with Crippen LogP contribution in [0, 0.1) is 0 Å². The van der Waals surface area contributed by atoms with E-state index in [4.69, 9.17) is 0 Å². The van der Waals surface area contributed by atoms with E-state index in [2.05, 4.69) is 21.9 Å². The Hall–Kier alpha value is -2.12. The van der Waals surface area contributed by atoms with E-state index in [-0.39, 0.29) is 17.2 Å². The molecular formula is C17H17N3O2S2. The van der Waals surface area contributed by atoms with Gasteiger partial charge in [0, 0.05) is 35.4 Å². The van der Waals surface area contributed by atoms with Crippen molar-refractivity contribution in [1.82, 2.24) is 15.1 Å².